The van der Waals surface area contributed by atoms with Crippen molar-refractivity contribution in [1.82, 2.24) is 9.88 Å². The van der Waals surface area contributed by atoms with Gasteiger partial charge in [-0.25, -0.2) is 0 Å². The Balaban J connectivity index is 2.71. The molecular weight excluding hydrogens is 232 g/mol. The standard InChI is InChI=1S/C13H22N2O3/c1-11-4-5-12(10-14-6-8-17-2)13(16)15(11)7-9-18-3/h4-5,14H,6-10H2,1-3H3. The molecule has 0 unspecified atom stereocenters. The van der Waals surface area contributed by atoms with E-state index in [1.165, 1.54) is 0 Å². The van der Waals surface area contributed by atoms with Crippen molar-refractivity contribution >= 4 is 0 Å². The molecule has 0 aliphatic rings. The van der Waals surface area contributed by atoms with E-state index in [0.717, 1.165) is 17.8 Å². The minimum Gasteiger partial charge on any atom is -0.383 e. The van der Waals surface area contributed by atoms with Crippen molar-refractivity contribution in [3.05, 3.63) is 33.7 Å². The second kappa shape index (κ2) is 8.02. The fourth-order valence-electron chi connectivity index (χ4n) is 1.71. The Morgan fingerprint density at radius 3 is 2.61 bits per heavy atom. The van der Waals surface area contributed by atoms with Crippen molar-refractivity contribution < 1.29 is 9.47 Å². The number of aryl methyl sites for hydroxylation is 1. The quantitative estimate of drug-likeness (QED) is 0.688. The van der Waals surface area contributed by atoms with E-state index in [1.54, 1.807) is 18.8 Å². The summed E-state index contributed by atoms with van der Waals surface area (Å²) >= 11 is 0. The summed E-state index contributed by atoms with van der Waals surface area (Å²) in [6.45, 7) is 5.01. The topological polar surface area (TPSA) is 52.5 Å². The van der Waals surface area contributed by atoms with Crippen LogP contribution in [0.5, 0.6) is 0 Å². The van der Waals surface area contributed by atoms with Gasteiger partial charge in [-0.1, -0.05) is 6.07 Å². The Hall–Kier alpha value is -1.17. The molecule has 0 saturated heterocycles. The van der Waals surface area contributed by atoms with Crippen molar-refractivity contribution in [3.8, 4) is 0 Å². The Morgan fingerprint density at radius 2 is 1.94 bits per heavy atom. The molecule has 0 spiro atoms. The highest BCUT2D eigenvalue weighted by Gasteiger charge is 2.05. The zero-order valence-electron chi connectivity index (χ0n) is 11.4. The molecule has 0 atom stereocenters. The second-order valence-electron chi connectivity index (χ2n) is 4.12. The Kier molecular flexibility index (Phi) is 6.64. The predicted octanol–water partition coefficient (Wildman–Crippen LogP) is 0.539. The summed E-state index contributed by atoms with van der Waals surface area (Å²) in [7, 11) is 3.29. The minimum absolute atomic E-state index is 0.0527. The zero-order chi connectivity index (χ0) is 13.4. The van der Waals surface area contributed by atoms with E-state index in [2.05, 4.69) is 5.32 Å². The molecule has 0 aliphatic heterocycles. The number of hydrogen-bond donors (Lipinski definition) is 1. The number of methoxy groups -OCH3 is 2. The van der Waals surface area contributed by atoms with E-state index < -0.39 is 0 Å². The average molecular weight is 254 g/mol. The molecule has 0 bridgehead atoms. The van der Waals surface area contributed by atoms with E-state index >= 15 is 0 Å². The largest absolute Gasteiger partial charge is 0.383 e. The zero-order valence-corrected chi connectivity index (χ0v) is 11.4. The van der Waals surface area contributed by atoms with Gasteiger partial charge in [0, 0.05) is 45.1 Å². The van der Waals surface area contributed by atoms with Crippen LogP contribution in [0.3, 0.4) is 0 Å². The molecule has 0 radical (unpaired) electrons. The van der Waals surface area contributed by atoms with Crippen LogP contribution in [-0.4, -0.2) is 38.5 Å². The predicted molar refractivity (Wildman–Crippen MR) is 70.9 cm³/mol. The van der Waals surface area contributed by atoms with E-state index in [9.17, 15) is 4.79 Å². The molecule has 0 fully saturated rings. The van der Waals surface area contributed by atoms with Gasteiger partial charge in [0.1, 0.15) is 0 Å². The van der Waals surface area contributed by atoms with Gasteiger partial charge in [0.05, 0.1) is 13.2 Å². The molecule has 5 heteroatoms. The number of nitrogens with one attached hydrogen (secondary N) is 1. The fourth-order valence-corrected chi connectivity index (χ4v) is 1.71. The summed E-state index contributed by atoms with van der Waals surface area (Å²) in [6.07, 6.45) is 0. The van der Waals surface area contributed by atoms with Crippen LogP contribution in [0.2, 0.25) is 0 Å². The lowest BCUT2D eigenvalue weighted by Gasteiger charge is -2.12. The highest BCUT2D eigenvalue weighted by molar-refractivity contribution is 5.15. The van der Waals surface area contributed by atoms with Gasteiger partial charge in [0.2, 0.25) is 0 Å². The van der Waals surface area contributed by atoms with Crippen LogP contribution in [0.1, 0.15) is 11.3 Å². The molecule has 1 heterocycles. The maximum absolute atomic E-state index is 12.2. The Labute approximate surface area is 108 Å². The number of hydrogen-bond acceptors (Lipinski definition) is 4. The van der Waals surface area contributed by atoms with Gasteiger partial charge < -0.3 is 19.4 Å². The third kappa shape index (κ3) is 4.25. The molecule has 1 aromatic rings. The van der Waals surface area contributed by atoms with E-state index in [1.807, 2.05) is 19.1 Å². The number of ether oxygens (including phenoxy) is 2. The van der Waals surface area contributed by atoms with Crippen LogP contribution >= 0.6 is 0 Å². The number of aromatic nitrogens is 1. The molecule has 0 amide bonds. The first-order valence-electron chi connectivity index (χ1n) is 6.08. The highest BCUT2D eigenvalue weighted by atomic mass is 16.5. The second-order valence-corrected chi connectivity index (χ2v) is 4.12. The normalized spacial score (nSPS) is 10.8. The molecule has 1 rings (SSSR count). The van der Waals surface area contributed by atoms with Crippen molar-refractivity contribution in [2.45, 2.75) is 20.0 Å². The smallest absolute Gasteiger partial charge is 0.255 e. The van der Waals surface area contributed by atoms with Crippen molar-refractivity contribution in [2.75, 3.05) is 34.0 Å². The van der Waals surface area contributed by atoms with E-state index in [4.69, 9.17) is 9.47 Å². The molecule has 102 valence electrons. The Bertz CT molecular complexity index is 415. The fraction of sp³-hybridized carbons (Fsp3) is 0.615. The van der Waals surface area contributed by atoms with Gasteiger partial charge >= 0.3 is 0 Å². The molecular formula is C13H22N2O3. The van der Waals surface area contributed by atoms with Crippen molar-refractivity contribution in [2.24, 2.45) is 0 Å². The van der Waals surface area contributed by atoms with Crippen molar-refractivity contribution in [1.29, 1.82) is 0 Å². The first-order valence-corrected chi connectivity index (χ1v) is 6.08. The molecule has 0 aromatic carbocycles. The third-order valence-corrected chi connectivity index (χ3v) is 2.79. The molecule has 0 aliphatic carbocycles. The maximum Gasteiger partial charge on any atom is 0.255 e. The van der Waals surface area contributed by atoms with Gasteiger partial charge in [0.25, 0.3) is 5.56 Å². The first kappa shape index (κ1) is 14.9. The molecule has 18 heavy (non-hydrogen) atoms. The average Bonchev–Trinajstić information content (AvgIpc) is 2.37. The summed E-state index contributed by atoms with van der Waals surface area (Å²) in [6, 6.07) is 3.84. The highest BCUT2D eigenvalue weighted by Crippen LogP contribution is 1.98. The van der Waals surface area contributed by atoms with Crippen molar-refractivity contribution in [3.63, 3.8) is 0 Å². The van der Waals surface area contributed by atoms with Gasteiger partial charge in [0.15, 0.2) is 0 Å². The van der Waals surface area contributed by atoms with E-state index in [0.29, 0.717) is 26.3 Å². The Morgan fingerprint density at radius 1 is 1.22 bits per heavy atom. The van der Waals surface area contributed by atoms with Gasteiger partial charge in [-0.15, -0.1) is 0 Å². The van der Waals surface area contributed by atoms with Crippen LogP contribution in [0, 0.1) is 6.92 Å². The van der Waals surface area contributed by atoms with Crippen LogP contribution < -0.4 is 10.9 Å². The van der Waals surface area contributed by atoms with Gasteiger partial charge in [-0.05, 0) is 13.0 Å². The number of rotatable bonds is 8. The molecule has 1 N–H and O–H groups in total. The van der Waals surface area contributed by atoms with Gasteiger partial charge in [-0.3, -0.25) is 4.79 Å². The summed E-state index contributed by atoms with van der Waals surface area (Å²) in [5.41, 5.74) is 1.78. The minimum atomic E-state index is 0.0527. The van der Waals surface area contributed by atoms with Crippen LogP contribution in [0.25, 0.3) is 0 Å². The lowest BCUT2D eigenvalue weighted by atomic mass is 10.2. The maximum atomic E-state index is 12.2. The number of pyridine rings is 1. The lowest BCUT2D eigenvalue weighted by Crippen LogP contribution is -2.30. The van der Waals surface area contributed by atoms with Gasteiger partial charge in [-0.2, -0.15) is 0 Å². The SMILES string of the molecule is COCCNCc1ccc(C)n(CCOC)c1=O. The summed E-state index contributed by atoms with van der Waals surface area (Å²) in [5, 5.41) is 3.18. The summed E-state index contributed by atoms with van der Waals surface area (Å²) < 4.78 is 11.7. The summed E-state index contributed by atoms with van der Waals surface area (Å²) in [4.78, 5) is 12.2. The summed E-state index contributed by atoms with van der Waals surface area (Å²) in [5.74, 6) is 0. The molecule has 0 saturated carbocycles. The lowest BCUT2D eigenvalue weighted by molar-refractivity contribution is 0.185. The number of nitrogens with zero attached hydrogens (tertiary/aromatic N) is 1. The van der Waals surface area contributed by atoms with Crippen LogP contribution in [-0.2, 0) is 22.6 Å². The first-order chi connectivity index (χ1) is 8.70. The molecule has 1 aromatic heterocycles. The monoisotopic (exact) mass is 254 g/mol. The van der Waals surface area contributed by atoms with Crippen LogP contribution in [0.15, 0.2) is 16.9 Å². The molecule has 5 nitrogen and oxygen atoms in total. The third-order valence-electron chi connectivity index (χ3n) is 2.79. The van der Waals surface area contributed by atoms with Crippen LogP contribution in [0.4, 0.5) is 0 Å². The van der Waals surface area contributed by atoms with E-state index in [-0.39, 0.29) is 5.56 Å².